The lowest BCUT2D eigenvalue weighted by atomic mass is 9.77. The van der Waals surface area contributed by atoms with E-state index in [0.717, 1.165) is 24.0 Å². The van der Waals surface area contributed by atoms with Gasteiger partial charge in [-0.2, -0.15) is 5.10 Å². The summed E-state index contributed by atoms with van der Waals surface area (Å²) < 4.78 is 3.47. The standard InChI is InChI=1S/C21H25N5O3/c27-19-11-15-13-24(12-14(15)10-18(19)26-8-3-7-22-26)20(28)6-9-25-17-5-2-1-4-16(17)23-21(25)29/h1-5,7-8,14-15,18-19,27H,6,9-13H2,(H,23,29)/t14-,15+,18-,19-/m1/s1. The quantitative estimate of drug-likeness (QED) is 0.698. The van der Waals surface area contributed by atoms with Gasteiger partial charge < -0.3 is 15.0 Å². The number of hydrogen-bond donors (Lipinski definition) is 2. The number of aliphatic hydroxyl groups is 1. The van der Waals surface area contributed by atoms with E-state index >= 15 is 0 Å². The highest BCUT2D eigenvalue weighted by Crippen LogP contribution is 2.41. The van der Waals surface area contributed by atoms with Gasteiger partial charge in [-0.25, -0.2) is 4.79 Å². The molecule has 0 bridgehead atoms. The van der Waals surface area contributed by atoms with Gasteiger partial charge >= 0.3 is 5.69 Å². The lowest BCUT2D eigenvalue weighted by Gasteiger charge is -2.35. The first-order chi connectivity index (χ1) is 14.1. The normalized spacial score (nSPS) is 26.7. The number of H-pyrrole nitrogens is 1. The monoisotopic (exact) mass is 395 g/mol. The molecule has 1 aliphatic heterocycles. The molecule has 3 heterocycles. The van der Waals surface area contributed by atoms with Crippen LogP contribution in [0.5, 0.6) is 0 Å². The third-order valence-corrected chi connectivity index (χ3v) is 6.56. The average Bonchev–Trinajstić information content (AvgIpc) is 3.43. The fraction of sp³-hybridized carbons (Fsp3) is 0.476. The largest absolute Gasteiger partial charge is 0.391 e. The molecule has 4 atom stereocenters. The Labute approximate surface area is 167 Å². The van der Waals surface area contributed by atoms with Gasteiger partial charge in [-0.15, -0.1) is 0 Å². The van der Waals surface area contributed by atoms with Gasteiger partial charge in [-0.3, -0.25) is 14.0 Å². The average molecular weight is 395 g/mol. The Bertz CT molecular complexity index is 1070. The van der Waals surface area contributed by atoms with E-state index in [-0.39, 0.29) is 17.6 Å². The molecule has 0 unspecified atom stereocenters. The first-order valence-electron chi connectivity index (χ1n) is 10.2. The van der Waals surface area contributed by atoms with Crippen LogP contribution in [0.4, 0.5) is 0 Å². The Morgan fingerprint density at radius 1 is 1.17 bits per heavy atom. The van der Waals surface area contributed by atoms with Crippen molar-refractivity contribution in [2.75, 3.05) is 13.1 Å². The Kier molecular flexibility index (Phi) is 4.50. The molecule has 5 rings (SSSR count). The second-order valence-corrected chi connectivity index (χ2v) is 8.26. The van der Waals surface area contributed by atoms with Crippen LogP contribution in [0, 0.1) is 11.8 Å². The number of carbonyl (C=O) groups is 1. The number of fused-ring (bicyclic) bond motifs is 2. The molecule has 152 valence electrons. The van der Waals surface area contributed by atoms with Crippen LogP contribution in [0.2, 0.25) is 0 Å². The number of aromatic amines is 1. The summed E-state index contributed by atoms with van der Waals surface area (Å²) in [5, 5.41) is 14.9. The van der Waals surface area contributed by atoms with Crippen LogP contribution in [-0.2, 0) is 11.3 Å². The van der Waals surface area contributed by atoms with Crippen LogP contribution in [-0.4, -0.2) is 54.4 Å². The molecule has 1 aromatic carbocycles. The first-order valence-corrected chi connectivity index (χ1v) is 10.2. The van der Waals surface area contributed by atoms with Gasteiger partial charge in [0.1, 0.15) is 0 Å². The van der Waals surface area contributed by atoms with E-state index in [1.54, 1.807) is 10.8 Å². The highest BCUT2D eigenvalue weighted by atomic mass is 16.3. The third-order valence-electron chi connectivity index (χ3n) is 6.56. The number of likely N-dealkylation sites (tertiary alicyclic amines) is 1. The zero-order chi connectivity index (χ0) is 20.0. The summed E-state index contributed by atoms with van der Waals surface area (Å²) in [7, 11) is 0. The van der Waals surface area contributed by atoms with Crippen LogP contribution in [0.1, 0.15) is 25.3 Å². The van der Waals surface area contributed by atoms with Crippen molar-refractivity contribution in [1.82, 2.24) is 24.2 Å². The Hall–Kier alpha value is -2.87. The molecule has 3 aromatic rings. The molecule has 2 fully saturated rings. The molecule has 1 aliphatic carbocycles. The predicted octanol–water partition coefficient (Wildman–Crippen LogP) is 1.39. The molecule has 29 heavy (non-hydrogen) atoms. The summed E-state index contributed by atoms with van der Waals surface area (Å²) in [4.78, 5) is 29.8. The molecule has 1 saturated heterocycles. The zero-order valence-corrected chi connectivity index (χ0v) is 16.1. The Morgan fingerprint density at radius 3 is 2.76 bits per heavy atom. The van der Waals surface area contributed by atoms with E-state index in [4.69, 9.17) is 0 Å². The number of aliphatic hydroxyl groups excluding tert-OH is 1. The van der Waals surface area contributed by atoms with Crippen LogP contribution in [0.25, 0.3) is 11.0 Å². The van der Waals surface area contributed by atoms with E-state index in [0.29, 0.717) is 37.8 Å². The number of nitrogens with zero attached hydrogens (tertiary/aromatic N) is 4. The fourth-order valence-corrected chi connectivity index (χ4v) is 5.07. The molecule has 2 aliphatic rings. The molecule has 8 nitrogen and oxygen atoms in total. The van der Waals surface area contributed by atoms with E-state index < -0.39 is 6.10 Å². The molecule has 1 saturated carbocycles. The molecular formula is C21H25N5O3. The maximum Gasteiger partial charge on any atom is 0.326 e. The van der Waals surface area contributed by atoms with Crippen molar-refractivity contribution in [3.63, 3.8) is 0 Å². The van der Waals surface area contributed by atoms with Crippen LogP contribution in [0.15, 0.2) is 47.5 Å². The van der Waals surface area contributed by atoms with Crippen molar-refractivity contribution in [2.45, 2.75) is 38.0 Å². The summed E-state index contributed by atoms with van der Waals surface area (Å²) in [6.07, 6.45) is 5.02. The Balaban J connectivity index is 1.24. The number of imidazole rings is 1. The zero-order valence-electron chi connectivity index (χ0n) is 16.1. The summed E-state index contributed by atoms with van der Waals surface area (Å²) in [6, 6.07) is 9.37. The van der Waals surface area contributed by atoms with E-state index in [2.05, 4.69) is 10.1 Å². The van der Waals surface area contributed by atoms with Crippen LogP contribution in [0.3, 0.4) is 0 Å². The molecule has 2 aromatic heterocycles. The third kappa shape index (κ3) is 3.27. The molecule has 0 radical (unpaired) electrons. The van der Waals surface area contributed by atoms with Crippen molar-refractivity contribution >= 4 is 16.9 Å². The number of benzene rings is 1. The summed E-state index contributed by atoms with van der Waals surface area (Å²) in [5.41, 5.74) is 1.43. The van der Waals surface area contributed by atoms with E-state index in [1.807, 2.05) is 46.1 Å². The molecule has 2 N–H and O–H groups in total. The number of para-hydroxylation sites is 2. The van der Waals surface area contributed by atoms with Gasteiger partial charge in [-0.05, 0) is 42.9 Å². The maximum atomic E-state index is 12.8. The topological polar surface area (TPSA) is 96.2 Å². The molecule has 0 spiro atoms. The van der Waals surface area contributed by atoms with Gasteiger partial charge in [0.25, 0.3) is 0 Å². The summed E-state index contributed by atoms with van der Waals surface area (Å²) in [6.45, 7) is 1.78. The molecule has 1 amide bonds. The van der Waals surface area contributed by atoms with Gasteiger partial charge in [0.15, 0.2) is 0 Å². The number of hydrogen-bond acceptors (Lipinski definition) is 4. The lowest BCUT2D eigenvalue weighted by Crippen LogP contribution is -2.36. The predicted molar refractivity (Wildman–Crippen MR) is 107 cm³/mol. The highest BCUT2D eigenvalue weighted by Gasteiger charge is 2.43. The van der Waals surface area contributed by atoms with Crippen LogP contribution >= 0.6 is 0 Å². The van der Waals surface area contributed by atoms with Gasteiger partial charge in [0.05, 0.1) is 23.2 Å². The second kappa shape index (κ2) is 7.18. The van der Waals surface area contributed by atoms with Crippen molar-refractivity contribution in [3.8, 4) is 0 Å². The number of amides is 1. The van der Waals surface area contributed by atoms with Crippen molar-refractivity contribution < 1.29 is 9.90 Å². The number of carbonyl (C=O) groups excluding carboxylic acids is 1. The Morgan fingerprint density at radius 2 is 1.97 bits per heavy atom. The lowest BCUT2D eigenvalue weighted by molar-refractivity contribution is -0.130. The maximum absolute atomic E-state index is 12.8. The van der Waals surface area contributed by atoms with Gasteiger partial charge in [-0.1, -0.05) is 12.1 Å². The second-order valence-electron chi connectivity index (χ2n) is 8.26. The minimum atomic E-state index is -0.434. The minimum absolute atomic E-state index is 0.0221. The fourth-order valence-electron chi connectivity index (χ4n) is 5.07. The number of aryl methyl sites for hydroxylation is 1. The van der Waals surface area contributed by atoms with Crippen molar-refractivity contribution in [3.05, 3.63) is 53.2 Å². The van der Waals surface area contributed by atoms with Gasteiger partial charge in [0.2, 0.25) is 5.91 Å². The van der Waals surface area contributed by atoms with Gasteiger partial charge in [0, 0.05) is 38.4 Å². The SMILES string of the molecule is O=C(CCn1c(=O)[nH]c2ccccc21)N1C[C@H]2C[C@@H](n3cccn3)[C@H](O)C[C@H]2C1. The number of nitrogens with one attached hydrogen (secondary N) is 1. The summed E-state index contributed by atoms with van der Waals surface area (Å²) in [5.74, 6) is 0.783. The number of aromatic nitrogens is 4. The van der Waals surface area contributed by atoms with Crippen LogP contribution < -0.4 is 5.69 Å². The smallest absolute Gasteiger partial charge is 0.326 e. The summed E-state index contributed by atoms with van der Waals surface area (Å²) >= 11 is 0. The van der Waals surface area contributed by atoms with E-state index in [1.165, 1.54) is 0 Å². The first kappa shape index (κ1) is 18.2. The highest BCUT2D eigenvalue weighted by molar-refractivity contribution is 5.78. The van der Waals surface area contributed by atoms with Crippen molar-refractivity contribution in [2.24, 2.45) is 11.8 Å². The molecule has 8 heteroatoms. The number of rotatable bonds is 4. The minimum Gasteiger partial charge on any atom is -0.391 e. The van der Waals surface area contributed by atoms with Crippen molar-refractivity contribution in [1.29, 1.82) is 0 Å². The molecular weight excluding hydrogens is 370 g/mol. The van der Waals surface area contributed by atoms with E-state index in [9.17, 15) is 14.7 Å².